The molecule has 0 aromatic carbocycles. The molecule has 2 aromatic rings. The van der Waals surface area contributed by atoms with Crippen LogP contribution in [0.4, 0.5) is 0 Å². The molecule has 1 unspecified atom stereocenters. The Morgan fingerprint density at radius 1 is 1.23 bits per heavy atom. The molecule has 1 aliphatic rings. The van der Waals surface area contributed by atoms with Gasteiger partial charge in [0.05, 0.1) is 28.6 Å². The molecule has 0 aliphatic carbocycles. The first-order chi connectivity index (χ1) is 16.4. The lowest BCUT2D eigenvalue weighted by Gasteiger charge is -2.32. The summed E-state index contributed by atoms with van der Waals surface area (Å²) in [6.07, 6.45) is 1.54. The number of furan rings is 1. The Labute approximate surface area is 210 Å². The molecule has 1 aliphatic heterocycles. The van der Waals surface area contributed by atoms with Gasteiger partial charge in [-0.25, -0.2) is 4.98 Å². The number of allylic oxidation sites excluding steroid dienone is 1. The molecule has 3 heterocycles. The van der Waals surface area contributed by atoms with E-state index in [-0.39, 0.29) is 12.2 Å². The van der Waals surface area contributed by atoms with Gasteiger partial charge in [0, 0.05) is 24.1 Å². The third kappa shape index (κ3) is 6.57. The number of thiazole rings is 1. The van der Waals surface area contributed by atoms with Crippen molar-refractivity contribution in [2.24, 2.45) is 11.3 Å². The zero-order valence-corrected chi connectivity index (χ0v) is 22.0. The zero-order valence-electron chi connectivity index (χ0n) is 21.2. The van der Waals surface area contributed by atoms with Gasteiger partial charge in [-0.3, -0.25) is 9.59 Å². The van der Waals surface area contributed by atoms with Gasteiger partial charge in [0.15, 0.2) is 0 Å². The molecule has 2 aromatic heterocycles. The highest BCUT2D eigenvalue weighted by Crippen LogP contribution is 2.34. The van der Waals surface area contributed by atoms with E-state index in [1.54, 1.807) is 44.2 Å². The number of carbonyl (C=O) groups excluding carboxylic acids is 2. The fraction of sp³-hybridized carbons (Fsp3) is 0.519. The Morgan fingerprint density at radius 3 is 2.60 bits per heavy atom. The quantitative estimate of drug-likeness (QED) is 0.442. The minimum atomic E-state index is -1.28. The number of nitrogens with zero attached hydrogens (tertiary/aromatic N) is 1. The summed E-state index contributed by atoms with van der Waals surface area (Å²) in [5.41, 5.74) is 1.36. The number of aryl methyl sites for hydroxylation is 1. The van der Waals surface area contributed by atoms with E-state index in [1.807, 2.05) is 38.3 Å². The van der Waals surface area contributed by atoms with Crippen molar-refractivity contribution in [3.63, 3.8) is 0 Å². The van der Waals surface area contributed by atoms with Crippen LogP contribution in [0.3, 0.4) is 0 Å². The first kappa shape index (κ1) is 27.0. The minimum Gasteiger partial charge on any atom is -0.463 e. The molecule has 0 fully saturated rings. The van der Waals surface area contributed by atoms with Gasteiger partial charge < -0.3 is 19.4 Å². The Hall–Kier alpha value is -2.55. The van der Waals surface area contributed by atoms with Crippen LogP contribution in [-0.4, -0.2) is 39.2 Å². The fourth-order valence-corrected chi connectivity index (χ4v) is 4.73. The topological polar surface area (TPSA) is 110 Å². The SMILES string of the molecule is C/C1=C/CC(/C(C)=C/c2csc(C)n2)OC(=O)C[C@H](O)C(C)(C)C(=O)[C@H](C)[C@H](O)c2ccc(o2)C1. The third-order valence-corrected chi connectivity index (χ3v) is 7.41. The number of rotatable bonds is 2. The second-order valence-corrected chi connectivity index (χ2v) is 11.0. The minimum absolute atomic E-state index is 0.306. The zero-order chi connectivity index (χ0) is 25.9. The van der Waals surface area contributed by atoms with Crippen molar-refractivity contribution in [2.45, 2.75) is 79.1 Å². The normalized spacial score (nSPS) is 28.3. The van der Waals surface area contributed by atoms with Gasteiger partial charge in [-0.05, 0) is 44.6 Å². The summed E-state index contributed by atoms with van der Waals surface area (Å²) in [5, 5.41) is 24.5. The van der Waals surface area contributed by atoms with E-state index < -0.39 is 35.6 Å². The summed E-state index contributed by atoms with van der Waals surface area (Å²) >= 11 is 1.54. The van der Waals surface area contributed by atoms with E-state index in [9.17, 15) is 19.8 Å². The highest BCUT2D eigenvalue weighted by molar-refractivity contribution is 7.09. The molecule has 0 radical (unpaired) electrons. The molecule has 0 saturated heterocycles. The number of carbonyl (C=O) groups is 2. The van der Waals surface area contributed by atoms with Crippen LogP contribution >= 0.6 is 11.3 Å². The number of cyclic esters (lactones) is 1. The van der Waals surface area contributed by atoms with Crippen molar-refractivity contribution >= 4 is 29.2 Å². The number of fused-ring (bicyclic) bond motifs is 2. The van der Waals surface area contributed by atoms with Gasteiger partial charge in [-0.2, -0.15) is 0 Å². The standard InChI is InChI=1S/C27H35NO6S/c1-15-7-9-21(16(2)12-19-14-35-18(4)28-19)34-24(30)13-23(29)27(5,6)26(32)17(3)25(31)22-10-8-20(11-15)33-22/h7-8,10,12,14,17,21,23,25,29,31H,9,11,13H2,1-6H3/b15-7-,16-12+/t17-,21?,23+,25+/m1/s1. The molecule has 8 heteroatoms. The first-order valence-electron chi connectivity index (χ1n) is 11.8. The highest BCUT2D eigenvalue weighted by Gasteiger charge is 2.42. The van der Waals surface area contributed by atoms with Crippen LogP contribution in [0.25, 0.3) is 6.08 Å². The van der Waals surface area contributed by atoms with Crippen LogP contribution in [0.15, 0.2) is 39.2 Å². The fourth-order valence-electron chi connectivity index (χ4n) is 4.16. The maximum absolute atomic E-state index is 13.2. The van der Waals surface area contributed by atoms with E-state index in [0.717, 1.165) is 21.8 Å². The predicted octanol–water partition coefficient (Wildman–Crippen LogP) is 4.97. The number of aliphatic hydroxyl groups excluding tert-OH is 2. The van der Waals surface area contributed by atoms with Crippen molar-refractivity contribution in [1.29, 1.82) is 0 Å². The number of aromatic nitrogens is 1. The van der Waals surface area contributed by atoms with Gasteiger partial charge in [-0.1, -0.05) is 32.4 Å². The summed E-state index contributed by atoms with van der Waals surface area (Å²) in [6, 6.07) is 3.47. The first-order valence-corrected chi connectivity index (χ1v) is 12.7. The largest absolute Gasteiger partial charge is 0.463 e. The number of esters is 1. The lowest BCUT2D eigenvalue weighted by atomic mass is 9.74. The summed E-state index contributed by atoms with van der Waals surface area (Å²) in [4.78, 5) is 30.5. The molecular weight excluding hydrogens is 466 g/mol. The Morgan fingerprint density at radius 2 is 1.94 bits per heavy atom. The smallest absolute Gasteiger partial charge is 0.309 e. The molecule has 2 N–H and O–H groups in total. The second-order valence-electron chi connectivity index (χ2n) is 9.96. The molecule has 0 spiro atoms. The number of ketones is 1. The van der Waals surface area contributed by atoms with Gasteiger partial charge in [0.2, 0.25) is 0 Å². The molecule has 3 rings (SSSR count). The van der Waals surface area contributed by atoms with Crippen LogP contribution in [0.2, 0.25) is 0 Å². The summed E-state index contributed by atoms with van der Waals surface area (Å²) in [7, 11) is 0. The molecule has 35 heavy (non-hydrogen) atoms. The highest BCUT2D eigenvalue weighted by atomic mass is 32.1. The second kappa shape index (κ2) is 11.0. The van der Waals surface area contributed by atoms with E-state index in [0.29, 0.717) is 24.4 Å². The lowest BCUT2D eigenvalue weighted by molar-refractivity contribution is -0.154. The molecule has 4 atom stereocenters. The summed E-state index contributed by atoms with van der Waals surface area (Å²) in [6.45, 7) is 10.5. The molecule has 0 saturated carbocycles. The van der Waals surface area contributed by atoms with Crippen molar-refractivity contribution in [3.8, 4) is 0 Å². The molecule has 7 nitrogen and oxygen atoms in total. The average molecular weight is 502 g/mol. The number of Topliss-reactive ketones (excluding diaryl/α,β-unsaturated/α-hetero) is 1. The van der Waals surface area contributed by atoms with E-state index in [1.165, 1.54) is 0 Å². The Kier molecular flexibility index (Phi) is 8.51. The number of hydrogen-bond donors (Lipinski definition) is 2. The average Bonchev–Trinajstić information content (AvgIpc) is 3.42. The van der Waals surface area contributed by atoms with Crippen LogP contribution < -0.4 is 0 Å². The van der Waals surface area contributed by atoms with Gasteiger partial charge >= 0.3 is 5.97 Å². The van der Waals surface area contributed by atoms with Crippen LogP contribution in [-0.2, 0) is 20.7 Å². The summed E-state index contributed by atoms with van der Waals surface area (Å²) < 4.78 is 11.6. The summed E-state index contributed by atoms with van der Waals surface area (Å²) in [5.74, 6) is -0.819. The lowest BCUT2D eigenvalue weighted by Crippen LogP contribution is -2.43. The van der Waals surface area contributed by atoms with E-state index in [4.69, 9.17) is 9.15 Å². The van der Waals surface area contributed by atoms with Crippen molar-refractivity contribution in [1.82, 2.24) is 4.98 Å². The monoisotopic (exact) mass is 501 g/mol. The van der Waals surface area contributed by atoms with Crippen molar-refractivity contribution in [2.75, 3.05) is 0 Å². The van der Waals surface area contributed by atoms with Gasteiger partial charge in [0.25, 0.3) is 0 Å². The predicted molar refractivity (Wildman–Crippen MR) is 135 cm³/mol. The molecular formula is C27H35NO6S. The van der Waals surface area contributed by atoms with Crippen molar-refractivity contribution < 1.29 is 29.0 Å². The van der Waals surface area contributed by atoms with Crippen LogP contribution in [0, 0.1) is 18.3 Å². The molecule has 2 bridgehead atoms. The van der Waals surface area contributed by atoms with Gasteiger partial charge in [0.1, 0.15) is 29.5 Å². The number of aliphatic hydroxyl groups is 2. The van der Waals surface area contributed by atoms with Gasteiger partial charge in [-0.15, -0.1) is 11.3 Å². The van der Waals surface area contributed by atoms with Crippen LogP contribution in [0.1, 0.15) is 75.8 Å². The molecule has 190 valence electrons. The number of hydrogen-bond acceptors (Lipinski definition) is 8. The Bertz CT molecular complexity index is 1120. The Balaban J connectivity index is 1.95. The van der Waals surface area contributed by atoms with E-state index >= 15 is 0 Å². The maximum atomic E-state index is 13.2. The van der Waals surface area contributed by atoms with Crippen LogP contribution in [0.5, 0.6) is 0 Å². The van der Waals surface area contributed by atoms with E-state index in [2.05, 4.69) is 4.98 Å². The van der Waals surface area contributed by atoms with Crippen molar-refractivity contribution in [3.05, 3.63) is 57.0 Å². The molecule has 0 amide bonds. The number of ether oxygens (including phenoxy) is 1. The maximum Gasteiger partial charge on any atom is 0.309 e. The third-order valence-electron chi connectivity index (χ3n) is 6.62.